The highest BCUT2D eigenvalue weighted by molar-refractivity contribution is 5.59. The van der Waals surface area contributed by atoms with Gasteiger partial charge in [-0.05, 0) is 42.2 Å². The lowest BCUT2D eigenvalue weighted by atomic mass is 10.1. The van der Waals surface area contributed by atoms with Gasteiger partial charge >= 0.3 is 0 Å². The predicted octanol–water partition coefficient (Wildman–Crippen LogP) is 4.45. The van der Waals surface area contributed by atoms with Crippen molar-refractivity contribution >= 4 is 17.3 Å². The molecular formula is C21H24N4O. The molecule has 134 valence electrons. The highest BCUT2D eigenvalue weighted by Gasteiger charge is 2.03. The minimum Gasteiger partial charge on any atom is -0.496 e. The summed E-state index contributed by atoms with van der Waals surface area (Å²) in [5.74, 6) is 2.47. The van der Waals surface area contributed by atoms with Gasteiger partial charge in [0.15, 0.2) is 0 Å². The van der Waals surface area contributed by atoms with Crippen LogP contribution < -0.4 is 15.4 Å². The lowest BCUT2D eigenvalue weighted by Gasteiger charge is -2.10. The standard InChI is InChI=1S/C21H24N4O/c1-3-16-8-10-18(11-9-16)25-21-14-20(23-15-24-21)22-13-12-17-6-4-5-7-19(17)26-2/h4-11,14-15H,3,12-13H2,1-2H3,(H2,22,23,24,25). The molecule has 0 fully saturated rings. The third kappa shape index (κ3) is 4.72. The first kappa shape index (κ1) is 17.7. The summed E-state index contributed by atoms with van der Waals surface area (Å²) in [5.41, 5.74) is 3.50. The van der Waals surface area contributed by atoms with Crippen molar-refractivity contribution < 1.29 is 4.74 Å². The highest BCUT2D eigenvalue weighted by atomic mass is 16.5. The van der Waals surface area contributed by atoms with E-state index in [9.17, 15) is 0 Å². The Balaban J connectivity index is 1.58. The van der Waals surface area contributed by atoms with Gasteiger partial charge in [-0.25, -0.2) is 9.97 Å². The largest absolute Gasteiger partial charge is 0.496 e. The number of anilines is 3. The summed E-state index contributed by atoms with van der Waals surface area (Å²) in [5, 5.41) is 6.65. The van der Waals surface area contributed by atoms with Crippen molar-refractivity contribution in [2.45, 2.75) is 19.8 Å². The molecule has 0 radical (unpaired) electrons. The normalized spacial score (nSPS) is 10.4. The fourth-order valence-corrected chi connectivity index (χ4v) is 2.73. The van der Waals surface area contributed by atoms with Crippen molar-refractivity contribution in [3.63, 3.8) is 0 Å². The molecule has 2 aromatic carbocycles. The van der Waals surface area contributed by atoms with Gasteiger partial charge < -0.3 is 15.4 Å². The van der Waals surface area contributed by atoms with Crippen LogP contribution in [0.25, 0.3) is 0 Å². The van der Waals surface area contributed by atoms with Crippen LogP contribution in [-0.2, 0) is 12.8 Å². The fraction of sp³-hybridized carbons (Fsp3) is 0.238. The SMILES string of the molecule is CCc1ccc(Nc2cc(NCCc3ccccc3OC)ncn2)cc1. The van der Waals surface area contributed by atoms with Gasteiger partial charge in [-0.1, -0.05) is 37.3 Å². The molecule has 1 heterocycles. The van der Waals surface area contributed by atoms with Crippen molar-refractivity contribution in [3.8, 4) is 5.75 Å². The summed E-state index contributed by atoms with van der Waals surface area (Å²) in [7, 11) is 1.70. The lowest BCUT2D eigenvalue weighted by Crippen LogP contribution is -2.08. The second-order valence-electron chi connectivity index (χ2n) is 5.95. The molecule has 3 aromatic rings. The summed E-state index contributed by atoms with van der Waals surface area (Å²) in [4.78, 5) is 8.58. The average molecular weight is 348 g/mol. The Bertz CT molecular complexity index is 833. The molecule has 0 spiro atoms. The van der Waals surface area contributed by atoms with E-state index < -0.39 is 0 Å². The lowest BCUT2D eigenvalue weighted by molar-refractivity contribution is 0.410. The Morgan fingerprint density at radius 2 is 1.73 bits per heavy atom. The number of nitrogens with zero attached hydrogens (tertiary/aromatic N) is 2. The van der Waals surface area contributed by atoms with Crippen LogP contribution in [0.3, 0.4) is 0 Å². The number of benzene rings is 2. The van der Waals surface area contributed by atoms with Crippen LogP contribution in [0.1, 0.15) is 18.1 Å². The molecule has 0 aliphatic heterocycles. The van der Waals surface area contributed by atoms with E-state index in [4.69, 9.17) is 4.74 Å². The van der Waals surface area contributed by atoms with E-state index in [1.807, 2.05) is 24.3 Å². The number of para-hydroxylation sites is 1. The van der Waals surface area contributed by atoms with E-state index in [0.717, 1.165) is 42.5 Å². The number of nitrogens with one attached hydrogen (secondary N) is 2. The average Bonchev–Trinajstić information content (AvgIpc) is 2.69. The van der Waals surface area contributed by atoms with Crippen LogP contribution in [0.2, 0.25) is 0 Å². The number of aromatic nitrogens is 2. The van der Waals surface area contributed by atoms with Crippen molar-refractivity contribution in [2.24, 2.45) is 0 Å². The molecule has 3 rings (SSSR count). The van der Waals surface area contributed by atoms with Gasteiger partial charge in [0, 0.05) is 18.3 Å². The van der Waals surface area contributed by atoms with Gasteiger partial charge in [0.2, 0.25) is 0 Å². The first-order valence-electron chi connectivity index (χ1n) is 8.82. The minimum absolute atomic E-state index is 0.766. The van der Waals surface area contributed by atoms with Crippen molar-refractivity contribution in [1.29, 1.82) is 0 Å². The van der Waals surface area contributed by atoms with Gasteiger partial charge in [-0.3, -0.25) is 0 Å². The van der Waals surface area contributed by atoms with Crippen LogP contribution in [0.4, 0.5) is 17.3 Å². The molecule has 1 aromatic heterocycles. The second-order valence-corrected chi connectivity index (χ2v) is 5.95. The molecule has 0 saturated carbocycles. The molecular weight excluding hydrogens is 324 g/mol. The number of rotatable bonds is 8. The molecule has 0 aliphatic rings. The molecule has 5 nitrogen and oxygen atoms in total. The van der Waals surface area contributed by atoms with Crippen LogP contribution in [0.5, 0.6) is 5.75 Å². The van der Waals surface area contributed by atoms with Gasteiger partial charge in [0.1, 0.15) is 23.7 Å². The number of hydrogen-bond donors (Lipinski definition) is 2. The van der Waals surface area contributed by atoms with Gasteiger partial charge in [0.05, 0.1) is 7.11 Å². The van der Waals surface area contributed by atoms with E-state index in [1.165, 1.54) is 11.1 Å². The quantitative estimate of drug-likeness (QED) is 0.630. The Morgan fingerprint density at radius 1 is 0.962 bits per heavy atom. The Labute approximate surface area is 154 Å². The number of ether oxygens (including phenoxy) is 1. The third-order valence-corrected chi connectivity index (χ3v) is 4.19. The van der Waals surface area contributed by atoms with Gasteiger partial charge in [-0.2, -0.15) is 0 Å². The third-order valence-electron chi connectivity index (χ3n) is 4.19. The summed E-state index contributed by atoms with van der Waals surface area (Å²) < 4.78 is 5.39. The number of aryl methyl sites for hydroxylation is 1. The second kappa shape index (κ2) is 8.85. The van der Waals surface area contributed by atoms with Gasteiger partial charge in [-0.15, -0.1) is 0 Å². The Kier molecular flexibility index (Phi) is 6.04. The Morgan fingerprint density at radius 3 is 2.50 bits per heavy atom. The topological polar surface area (TPSA) is 59.1 Å². The van der Waals surface area contributed by atoms with Crippen molar-refractivity contribution in [3.05, 3.63) is 72.1 Å². The predicted molar refractivity (Wildman–Crippen MR) is 106 cm³/mol. The maximum Gasteiger partial charge on any atom is 0.135 e. The molecule has 0 aliphatic carbocycles. The monoisotopic (exact) mass is 348 g/mol. The summed E-state index contributed by atoms with van der Waals surface area (Å²) in [6.07, 6.45) is 3.46. The molecule has 26 heavy (non-hydrogen) atoms. The zero-order valence-corrected chi connectivity index (χ0v) is 15.2. The Hall–Kier alpha value is -3.08. The minimum atomic E-state index is 0.766. The zero-order valence-electron chi connectivity index (χ0n) is 15.2. The first-order valence-corrected chi connectivity index (χ1v) is 8.82. The van der Waals surface area contributed by atoms with E-state index >= 15 is 0 Å². The maximum atomic E-state index is 5.39. The van der Waals surface area contributed by atoms with E-state index in [1.54, 1.807) is 13.4 Å². The first-order chi connectivity index (χ1) is 12.8. The molecule has 0 bridgehead atoms. The van der Waals surface area contributed by atoms with E-state index in [-0.39, 0.29) is 0 Å². The van der Waals surface area contributed by atoms with Crippen LogP contribution >= 0.6 is 0 Å². The van der Waals surface area contributed by atoms with Crippen LogP contribution in [0, 0.1) is 0 Å². The number of hydrogen-bond acceptors (Lipinski definition) is 5. The smallest absolute Gasteiger partial charge is 0.135 e. The fourth-order valence-electron chi connectivity index (χ4n) is 2.73. The summed E-state index contributed by atoms with van der Waals surface area (Å²) in [6, 6.07) is 18.3. The molecule has 0 saturated heterocycles. The molecule has 0 amide bonds. The van der Waals surface area contributed by atoms with Gasteiger partial charge in [0.25, 0.3) is 0 Å². The summed E-state index contributed by atoms with van der Waals surface area (Å²) >= 11 is 0. The molecule has 5 heteroatoms. The summed E-state index contributed by atoms with van der Waals surface area (Å²) in [6.45, 7) is 2.91. The van der Waals surface area contributed by atoms with Crippen LogP contribution in [-0.4, -0.2) is 23.6 Å². The zero-order chi connectivity index (χ0) is 18.2. The highest BCUT2D eigenvalue weighted by Crippen LogP contribution is 2.19. The molecule has 2 N–H and O–H groups in total. The van der Waals surface area contributed by atoms with E-state index in [0.29, 0.717) is 0 Å². The van der Waals surface area contributed by atoms with Crippen molar-refractivity contribution in [1.82, 2.24) is 9.97 Å². The van der Waals surface area contributed by atoms with E-state index in [2.05, 4.69) is 57.9 Å². The molecule has 0 unspecified atom stereocenters. The van der Waals surface area contributed by atoms with Crippen molar-refractivity contribution in [2.75, 3.05) is 24.3 Å². The van der Waals surface area contributed by atoms with Crippen LogP contribution in [0.15, 0.2) is 60.9 Å². The maximum absolute atomic E-state index is 5.39. The molecule has 0 atom stereocenters. The number of methoxy groups -OCH3 is 1.